The van der Waals surface area contributed by atoms with Gasteiger partial charge < -0.3 is 5.32 Å². The normalized spacial score (nSPS) is 10.7. The Hall–Kier alpha value is -2.21. The summed E-state index contributed by atoms with van der Waals surface area (Å²) in [6.45, 7) is 0. The zero-order valence-corrected chi connectivity index (χ0v) is 12.3. The number of carbonyl (C=O) groups excluding carboxylic acids is 1. The van der Waals surface area contributed by atoms with Gasteiger partial charge in [0.2, 0.25) is 0 Å². The van der Waals surface area contributed by atoms with Crippen LogP contribution >= 0.6 is 15.9 Å². The van der Waals surface area contributed by atoms with Gasteiger partial charge in [-0.3, -0.25) is 9.48 Å². The summed E-state index contributed by atoms with van der Waals surface area (Å²) in [4.78, 5) is 16.4. The van der Waals surface area contributed by atoms with Crippen LogP contribution in [0.25, 0.3) is 10.9 Å². The first-order valence-corrected chi connectivity index (χ1v) is 6.79. The number of amides is 1. The van der Waals surface area contributed by atoms with E-state index in [0.717, 1.165) is 15.4 Å². The maximum absolute atomic E-state index is 12.3. The first-order valence-electron chi connectivity index (χ1n) is 6.00. The molecule has 0 bridgehead atoms. The number of pyridine rings is 1. The van der Waals surface area contributed by atoms with Gasteiger partial charge in [0.05, 0.1) is 5.52 Å². The molecule has 20 heavy (non-hydrogen) atoms. The number of aromatic nitrogens is 3. The first-order chi connectivity index (χ1) is 9.65. The quantitative estimate of drug-likeness (QED) is 0.785. The summed E-state index contributed by atoms with van der Waals surface area (Å²) in [5.41, 5.74) is 1.31. The lowest BCUT2D eigenvalue weighted by atomic mass is 10.2. The van der Waals surface area contributed by atoms with Crippen molar-refractivity contribution in [1.82, 2.24) is 14.8 Å². The van der Waals surface area contributed by atoms with E-state index in [1.165, 1.54) is 0 Å². The Morgan fingerprint density at radius 1 is 1.25 bits per heavy atom. The predicted octanol–water partition coefficient (Wildman–Crippen LogP) is 2.98. The van der Waals surface area contributed by atoms with Crippen molar-refractivity contribution in [3.8, 4) is 0 Å². The van der Waals surface area contributed by atoms with Crippen molar-refractivity contribution in [2.45, 2.75) is 0 Å². The van der Waals surface area contributed by atoms with Crippen LogP contribution in [0.15, 0.2) is 47.1 Å². The second-order valence-electron chi connectivity index (χ2n) is 4.31. The second-order valence-corrected chi connectivity index (χ2v) is 5.22. The molecule has 1 amide bonds. The molecule has 3 rings (SSSR count). The molecular formula is C14H11BrN4O. The van der Waals surface area contributed by atoms with Gasteiger partial charge in [0, 0.05) is 23.1 Å². The Balaban J connectivity index is 1.95. The Labute approximate surface area is 123 Å². The average Bonchev–Trinajstić information content (AvgIpc) is 2.79. The molecule has 6 heteroatoms. The van der Waals surface area contributed by atoms with Crippen LogP contribution in [-0.2, 0) is 7.05 Å². The summed E-state index contributed by atoms with van der Waals surface area (Å²) in [7, 11) is 1.82. The molecule has 2 heterocycles. The van der Waals surface area contributed by atoms with E-state index in [1.807, 2.05) is 37.4 Å². The third-order valence-corrected chi connectivity index (χ3v) is 3.41. The van der Waals surface area contributed by atoms with Gasteiger partial charge in [0.25, 0.3) is 5.91 Å². The second kappa shape index (κ2) is 5.05. The van der Waals surface area contributed by atoms with Crippen molar-refractivity contribution < 1.29 is 4.79 Å². The number of para-hydroxylation sites is 1. The number of benzene rings is 1. The number of aryl methyl sites for hydroxylation is 1. The van der Waals surface area contributed by atoms with Crippen molar-refractivity contribution in [2.24, 2.45) is 7.05 Å². The van der Waals surface area contributed by atoms with Crippen LogP contribution in [0.1, 0.15) is 10.5 Å². The molecule has 2 aromatic heterocycles. The van der Waals surface area contributed by atoms with Crippen LogP contribution in [0.2, 0.25) is 0 Å². The highest BCUT2D eigenvalue weighted by molar-refractivity contribution is 9.10. The number of anilines is 1. The van der Waals surface area contributed by atoms with Crippen LogP contribution < -0.4 is 5.32 Å². The molecule has 0 aliphatic rings. The summed E-state index contributed by atoms with van der Waals surface area (Å²) in [6, 6.07) is 11.2. The number of halogens is 1. The number of nitrogens with one attached hydrogen (secondary N) is 1. The van der Waals surface area contributed by atoms with Crippen molar-refractivity contribution in [1.29, 1.82) is 0 Å². The summed E-state index contributed by atoms with van der Waals surface area (Å²) in [5, 5.41) is 7.84. The Bertz CT molecular complexity index is 779. The largest absolute Gasteiger partial charge is 0.305 e. The van der Waals surface area contributed by atoms with Crippen molar-refractivity contribution in [3.05, 3.63) is 52.8 Å². The van der Waals surface area contributed by atoms with E-state index in [-0.39, 0.29) is 5.91 Å². The van der Waals surface area contributed by atoms with Gasteiger partial charge in [-0.2, -0.15) is 5.10 Å². The Kier molecular flexibility index (Phi) is 3.23. The highest BCUT2D eigenvalue weighted by atomic mass is 79.9. The Morgan fingerprint density at radius 3 is 2.80 bits per heavy atom. The molecule has 1 aromatic carbocycles. The molecule has 0 spiro atoms. The number of nitrogens with zero attached hydrogens (tertiary/aromatic N) is 3. The fraction of sp³-hybridized carbons (Fsp3) is 0.0714. The third kappa shape index (κ3) is 2.30. The maximum atomic E-state index is 12.3. The molecule has 0 aliphatic heterocycles. The van der Waals surface area contributed by atoms with Crippen LogP contribution in [-0.4, -0.2) is 20.7 Å². The van der Waals surface area contributed by atoms with Crippen LogP contribution in [0, 0.1) is 0 Å². The maximum Gasteiger partial charge on any atom is 0.277 e. The summed E-state index contributed by atoms with van der Waals surface area (Å²) >= 11 is 3.30. The molecule has 1 N–H and O–H groups in total. The molecule has 0 atom stereocenters. The molecular weight excluding hydrogens is 320 g/mol. The van der Waals surface area contributed by atoms with Gasteiger partial charge in [-0.25, -0.2) is 4.98 Å². The van der Waals surface area contributed by atoms with E-state index in [4.69, 9.17) is 0 Å². The molecule has 0 fully saturated rings. The highest BCUT2D eigenvalue weighted by Gasteiger charge is 2.15. The van der Waals surface area contributed by atoms with Gasteiger partial charge in [0.15, 0.2) is 5.69 Å². The molecule has 0 aliphatic carbocycles. The molecule has 0 unspecified atom stereocenters. The van der Waals surface area contributed by atoms with Gasteiger partial charge in [0.1, 0.15) is 5.82 Å². The van der Waals surface area contributed by atoms with Gasteiger partial charge >= 0.3 is 0 Å². The number of carbonyl (C=O) groups is 1. The van der Waals surface area contributed by atoms with Gasteiger partial charge in [-0.1, -0.05) is 18.2 Å². The predicted molar refractivity (Wildman–Crippen MR) is 80.6 cm³/mol. The fourth-order valence-corrected chi connectivity index (χ4v) is 2.24. The third-order valence-electron chi connectivity index (χ3n) is 2.94. The number of rotatable bonds is 2. The van der Waals surface area contributed by atoms with Crippen LogP contribution in [0.3, 0.4) is 0 Å². The molecule has 0 radical (unpaired) electrons. The van der Waals surface area contributed by atoms with E-state index in [9.17, 15) is 4.79 Å². The van der Waals surface area contributed by atoms with Crippen molar-refractivity contribution in [3.63, 3.8) is 0 Å². The minimum absolute atomic E-state index is 0.267. The summed E-state index contributed by atoms with van der Waals surface area (Å²) < 4.78 is 2.55. The molecule has 0 saturated heterocycles. The monoisotopic (exact) mass is 330 g/mol. The summed E-state index contributed by atoms with van der Waals surface area (Å²) in [5.74, 6) is 0.226. The average molecular weight is 331 g/mol. The fourth-order valence-electron chi connectivity index (χ4n) is 2.01. The van der Waals surface area contributed by atoms with E-state index in [2.05, 4.69) is 31.3 Å². The zero-order chi connectivity index (χ0) is 14.1. The molecule has 0 saturated carbocycles. The Morgan fingerprint density at radius 2 is 2.05 bits per heavy atom. The smallest absolute Gasteiger partial charge is 0.277 e. The van der Waals surface area contributed by atoms with E-state index in [1.54, 1.807) is 16.9 Å². The van der Waals surface area contributed by atoms with Crippen LogP contribution in [0.5, 0.6) is 0 Å². The summed E-state index contributed by atoms with van der Waals surface area (Å²) in [6.07, 6.45) is 1.63. The first kappa shape index (κ1) is 12.8. The lowest BCUT2D eigenvalue weighted by Gasteiger charge is -2.02. The number of fused-ring (bicyclic) bond motifs is 1. The van der Waals surface area contributed by atoms with Crippen molar-refractivity contribution in [2.75, 3.05) is 5.32 Å². The van der Waals surface area contributed by atoms with E-state index < -0.39 is 0 Å². The lowest BCUT2D eigenvalue weighted by molar-refractivity contribution is 0.102. The van der Waals surface area contributed by atoms with Crippen molar-refractivity contribution >= 4 is 38.6 Å². The van der Waals surface area contributed by atoms with Gasteiger partial charge in [-0.15, -0.1) is 0 Å². The minimum atomic E-state index is -0.267. The zero-order valence-electron chi connectivity index (χ0n) is 10.7. The minimum Gasteiger partial charge on any atom is -0.305 e. The molecule has 5 nitrogen and oxygen atoms in total. The van der Waals surface area contributed by atoms with Crippen LogP contribution in [0.4, 0.5) is 5.82 Å². The highest BCUT2D eigenvalue weighted by Crippen LogP contribution is 2.18. The lowest BCUT2D eigenvalue weighted by Crippen LogP contribution is -2.14. The topological polar surface area (TPSA) is 59.8 Å². The molecule has 3 aromatic rings. The number of hydrogen-bond donors (Lipinski definition) is 1. The van der Waals surface area contributed by atoms with Gasteiger partial charge in [-0.05, 0) is 34.1 Å². The van der Waals surface area contributed by atoms with E-state index in [0.29, 0.717) is 11.5 Å². The standard InChI is InChI=1S/C14H11BrN4O/c1-19-11-5-3-2-4-10(11)13(18-19)14(20)17-12-7-6-9(15)8-16-12/h2-8H,1H3,(H,16,17,20). The van der Waals surface area contributed by atoms with E-state index >= 15 is 0 Å². The SMILES string of the molecule is Cn1nc(C(=O)Nc2ccc(Br)cn2)c2ccccc21. The number of hydrogen-bond acceptors (Lipinski definition) is 3. The molecule has 100 valence electrons.